The average molecular weight is 560 g/mol. The number of benzene rings is 1. The molecule has 0 aliphatic heterocycles. The number of sulfone groups is 1. The first-order valence-electron chi connectivity index (χ1n) is 12.7. The van der Waals surface area contributed by atoms with Gasteiger partial charge in [-0.15, -0.1) is 0 Å². The van der Waals surface area contributed by atoms with Gasteiger partial charge in [0.25, 0.3) is 0 Å². The zero-order chi connectivity index (χ0) is 28.2. The summed E-state index contributed by atoms with van der Waals surface area (Å²) < 4.78 is 29.8. The predicted molar refractivity (Wildman–Crippen MR) is 151 cm³/mol. The minimum atomic E-state index is -3.45. The minimum absolute atomic E-state index is 0.0819. The Balaban J connectivity index is 3.21. The van der Waals surface area contributed by atoms with Gasteiger partial charge in [0.15, 0.2) is 0 Å². The minimum Gasteiger partial charge on any atom is -0.479 e. The number of hydrogen-bond acceptors (Lipinski definition) is 8. The summed E-state index contributed by atoms with van der Waals surface area (Å²) >= 11 is 4.23. The molecule has 0 aromatic heterocycles. The molecule has 0 saturated heterocycles. The third-order valence-electron chi connectivity index (χ3n) is 6.82. The highest BCUT2D eigenvalue weighted by Gasteiger charge is 2.45. The molecule has 0 fully saturated rings. The highest BCUT2D eigenvalue weighted by Crippen LogP contribution is 2.24. The highest BCUT2D eigenvalue weighted by molar-refractivity contribution is 7.90. The second kappa shape index (κ2) is 15.7. The summed E-state index contributed by atoms with van der Waals surface area (Å²) in [6, 6.07) is 9.11. The van der Waals surface area contributed by atoms with Gasteiger partial charge in [-0.1, -0.05) is 64.4 Å². The van der Waals surface area contributed by atoms with E-state index in [1.54, 1.807) is 13.8 Å². The van der Waals surface area contributed by atoms with E-state index in [1.165, 1.54) is 0 Å². The van der Waals surface area contributed by atoms with Gasteiger partial charge in [-0.05, 0) is 23.8 Å². The molecular formula is C26H45N3O6S2. The molecular weight excluding hydrogens is 514 g/mol. The summed E-state index contributed by atoms with van der Waals surface area (Å²) in [6.07, 6.45) is 0.931. The van der Waals surface area contributed by atoms with Gasteiger partial charge < -0.3 is 26.2 Å². The third-order valence-corrected chi connectivity index (χ3v) is 8.24. The maximum atomic E-state index is 13.6. The van der Waals surface area contributed by atoms with E-state index in [0.29, 0.717) is 12.3 Å². The molecule has 1 rings (SSSR count). The topological polar surface area (TPSA) is 148 Å². The van der Waals surface area contributed by atoms with E-state index in [-0.39, 0.29) is 43.2 Å². The van der Waals surface area contributed by atoms with Crippen LogP contribution in [0.5, 0.6) is 0 Å². The lowest BCUT2D eigenvalue weighted by Crippen LogP contribution is -2.61. The SMILES string of the molecule is CC[C@@H](C)[C@@H](CO[C@@H](Cc1ccccc1)C(=O)N[C@@](CCS(C)(=O)=O)(C(=O)O)C(C)C)NC[C@@H](N)CS. The summed E-state index contributed by atoms with van der Waals surface area (Å²) in [5, 5.41) is 16.2. The Labute approximate surface area is 227 Å². The van der Waals surface area contributed by atoms with Crippen LogP contribution in [0.1, 0.15) is 46.1 Å². The number of carbonyl (C=O) groups excluding carboxylic acids is 1. The van der Waals surface area contributed by atoms with Gasteiger partial charge in [-0.2, -0.15) is 12.6 Å². The Morgan fingerprint density at radius 2 is 1.81 bits per heavy atom. The normalized spacial score (nSPS) is 17.0. The number of nitrogens with two attached hydrogens (primary N) is 1. The lowest BCUT2D eigenvalue weighted by molar-refractivity contribution is -0.152. The molecule has 9 nitrogen and oxygen atoms in total. The number of rotatable bonds is 18. The van der Waals surface area contributed by atoms with Crippen LogP contribution in [0, 0.1) is 11.8 Å². The molecule has 0 aliphatic carbocycles. The molecule has 0 unspecified atom stereocenters. The van der Waals surface area contributed by atoms with Gasteiger partial charge in [-0.3, -0.25) is 4.79 Å². The average Bonchev–Trinajstić information content (AvgIpc) is 2.84. The van der Waals surface area contributed by atoms with E-state index in [4.69, 9.17) is 10.5 Å². The lowest BCUT2D eigenvalue weighted by atomic mass is 9.83. The second-order valence-corrected chi connectivity index (χ2v) is 12.8. The van der Waals surface area contributed by atoms with E-state index in [1.807, 2.05) is 30.3 Å². The second-order valence-electron chi connectivity index (χ2n) is 10.2. The number of carboxylic acids is 1. The van der Waals surface area contributed by atoms with Crippen molar-refractivity contribution in [2.75, 3.05) is 30.9 Å². The smallest absolute Gasteiger partial charge is 0.329 e. The van der Waals surface area contributed by atoms with Crippen LogP contribution in [0.2, 0.25) is 0 Å². The number of carboxylic acid groups (broad SMARTS) is 1. The van der Waals surface area contributed by atoms with Crippen molar-refractivity contribution in [1.29, 1.82) is 0 Å². The largest absolute Gasteiger partial charge is 0.479 e. The Morgan fingerprint density at radius 3 is 2.30 bits per heavy atom. The maximum Gasteiger partial charge on any atom is 0.329 e. The summed E-state index contributed by atoms with van der Waals surface area (Å²) in [5.74, 6) is -2.05. The first-order chi connectivity index (χ1) is 17.3. The molecule has 5 N–H and O–H groups in total. The fraction of sp³-hybridized carbons (Fsp3) is 0.692. The molecule has 0 saturated carbocycles. The molecule has 0 bridgehead atoms. The van der Waals surface area contributed by atoms with Crippen molar-refractivity contribution in [2.24, 2.45) is 17.6 Å². The van der Waals surface area contributed by atoms with Gasteiger partial charge in [0, 0.05) is 37.1 Å². The zero-order valence-electron chi connectivity index (χ0n) is 22.6. The lowest BCUT2D eigenvalue weighted by Gasteiger charge is -2.36. The van der Waals surface area contributed by atoms with Crippen LogP contribution >= 0.6 is 12.6 Å². The van der Waals surface area contributed by atoms with E-state index in [0.717, 1.165) is 18.2 Å². The van der Waals surface area contributed by atoms with E-state index >= 15 is 0 Å². The summed E-state index contributed by atoms with van der Waals surface area (Å²) in [6.45, 7) is 8.20. The molecule has 1 aromatic carbocycles. The summed E-state index contributed by atoms with van der Waals surface area (Å²) in [4.78, 5) is 26.0. The molecule has 5 atom stereocenters. The molecule has 0 aliphatic rings. The highest BCUT2D eigenvalue weighted by atomic mass is 32.2. The standard InChI is InChI=1S/C26H45N3O6S2/c1-6-19(4)22(28-15-21(27)17-36)16-35-23(14-20-10-8-7-9-11-20)24(30)29-26(18(2)3,25(31)32)12-13-37(5,33)34/h7-11,18-19,21-23,28,36H,6,12-17,27H2,1-5H3,(H,29,30)(H,31,32)/t19-,21-,22-,23+,26-/m1/s1. The van der Waals surface area contributed by atoms with Crippen molar-refractivity contribution in [1.82, 2.24) is 10.6 Å². The van der Waals surface area contributed by atoms with Crippen LogP contribution < -0.4 is 16.4 Å². The Bertz CT molecular complexity index is 945. The summed E-state index contributed by atoms with van der Waals surface area (Å²) in [7, 11) is -3.45. The first kappa shape index (κ1) is 33.4. The van der Waals surface area contributed by atoms with Gasteiger partial charge in [-0.25, -0.2) is 13.2 Å². The van der Waals surface area contributed by atoms with Crippen LogP contribution in [-0.2, 0) is 30.6 Å². The van der Waals surface area contributed by atoms with Crippen LogP contribution in [0.4, 0.5) is 0 Å². The monoisotopic (exact) mass is 559 g/mol. The molecule has 1 amide bonds. The Kier molecular flexibility index (Phi) is 14.1. The quantitative estimate of drug-likeness (QED) is 0.171. The molecule has 1 aromatic rings. The third kappa shape index (κ3) is 11.3. The summed E-state index contributed by atoms with van der Waals surface area (Å²) in [5.41, 5.74) is 5.11. The van der Waals surface area contributed by atoms with Crippen molar-refractivity contribution in [3.63, 3.8) is 0 Å². The van der Waals surface area contributed by atoms with Crippen LogP contribution in [-0.4, -0.2) is 80.0 Å². The molecule has 0 radical (unpaired) electrons. The van der Waals surface area contributed by atoms with E-state index in [9.17, 15) is 23.1 Å². The van der Waals surface area contributed by atoms with Crippen LogP contribution in [0.25, 0.3) is 0 Å². The van der Waals surface area contributed by atoms with Crippen LogP contribution in [0.3, 0.4) is 0 Å². The van der Waals surface area contributed by atoms with Gasteiger partial charge in [0.1, 0.15) is 21.5 Å². The predicted octanol–water partition coefficient (Wildman–Crippen LogP) is 1.91. The number of hydrogen-bond donors (Lipinski definition) is 5. The van der Waals surface area contributed by atoms with E-state index < -0.39 is 39.3 Å². The van der Waals surface area contributed by atoms with Crippen molar-refractivity contribution < 1.29 is 27.9 Å². The van der Waals surface area contributed by atoms with Crippen molar-refractivity contribution in [3.8, 4) is 0 Å². The molecule has 212 valence electrons. The Hall–Kier alpha value is -1.66. The molecule has 0 heterocycles. The van der Waals surface area contributed by atoms with Crippen molar-refractivity contribution >= 4 is 34.3 Å². The zero-order valence-corrected chi connectivity index (χ0v) is 24.4. The number of carbonyl (C=O) groups is 2. The number of ether oxygens (including phenoxy) is 1. The van der Waals surface area contributed by atoms with Gasteiger partial charge in [0.05, 0.1) is 12.4 Å². The first-order valence-corrected chi connectivity index (χ1v) is 15.4. The number of aliphatic carboxylic acids is 1. The molecule has 0 spiro atoms. The van der Waals surface area contributed by atoms with Crippen molar-refractivity contribution in [2.45, 2.75) is 70.7 Å². The maximum absolute atomic E-state index is 13.6. The molecule has 11 heteroatoms. The number of nitrogens with one attached hydrogen (secondary N) is 2. The van der Waals surface area contributed by atoms with Crippen molar-refractivity contribution in [3.05, 3.63) is 35.9 Å². The fourth-order valence-electron chi connectivity index (χ4n) is 3.90. The van der Waals surface area contributed by atoms with E-state index in [2.05, 4.69) is 37.1 Å². The molecule has 37 heavy (non-hydrogen) atoms. The van der Waals surface area contributed by atoms with Gasteiger partial charge >= 0.3 is 5.97 Å². The van der Waals surface area contributed by atoms with Crippen LogP contribution in [0.15, 0.2) is 30.3 Å². The number of amides is 1. The number of thiol groups is 1. The Morgan fingerprint density at radius 1 is 1.19 bits per heavy atom. The van der Waals surface area contributed by atoms with Gasteiger partial charge in [0.2, 0.25) is 5.91 Å². The fourth-order valence-corrected chi connectivity index (χ4v) is 4.72.